The van der Waals surface area contributed by atoms with Crippen LogP contribution in [-0.4, -0.2) is 203 Å². The summed E-state index contributed by atoms with van der Waals surface area (Å²) in [4.78, 5) is 77.2. The van der Waals surface area contributed by atoms with Gasteiger partial charge in [0.25, 0.3) is 0 Å². The fraction of sp³-hybridized carbons (Fsp3) is 0.898. The minimum atomic E-state index is -1.10. The van der Waals surface area contributed by atoms with Gasteiger partial charge in [-0.15, -0.1) is 0 Å². The Morgan fingerprint density at radius 1 is 0.212 bits per heavy atom. The minimum Gasteiger partial charge on any atom is -0.434 e. The Morgan fingerprint density at radius 3 is 0.459 bits per heavy atom. The summed E-state index contributed by atoms with van der Waals surface area (Å²) in [6, 6.07) is 0. The van der Waals surface area contributed by atoms with Gasteiger partial charge in [0.2, 0.25) is 0 Å². The molecule has 0 aliphatic heterocycles. The summed E-state index contributed by atoms with van der Waals surface area (Å²) in [7, 11) is 0. The molecule has 14 unspecified atom stereocenters. The quantitative estimate of drug-likeness (QED) is 0.0211. The summed E-state index contributed by atoms with van der Waals surface area (Å²) < 4.78 is 65.1. The van der Waals surface area contributed by atoms with Gasteiger partial charge in [0, 0.05) is 18.3 Å². The highest BCUT2D eigenvalue weighted by Gasteiger charge is 2.29. The molecule has 0 spiro atoms. The first kappa shape index (κ1) is 80.3. The molecule has 0 saturated heterocycles. The van der Waals surface area contributed by atoms with Gasteiger partial charge in [0.05, 0.1) is 88.5 Å². The third kappa shape index (κ3) is 46.2. The Kier molecular flexibility index (Phi) is 42.2. The van der Waals surface area contributed by atoms with Crippen molar-refractivity contribution in [2.24, 2.45) is 35.5 Å². The van der Waals surface area contributed by atoms with Gasteiger partial charge in [-0.2, -0.15) is 0 Å². The van der Waals surface area contributed by atoms with Crippen molar-refractivity contribution in [3.8, 4) is 0 Å². The van der Waals surface area contributed by atoms with Crippen LogP contribution in [0.5, 0.6) is 0 Å². The maximum atomic E-state index is 13.1. The molecule has 8 N–H and O–H groups in total. The van der Waals surface area contributed by atoms with Crippen LogP contribution in [0.3, 0.4) is 0 Å². The van der Waals surface area contributed by atoms with Crippen LogP contribution < -0.4 is 0 Å². The van der Waals surface area contributed by atoms with E-state index in [0.29, 0.717) is 0 Å². The number of hydrogen-bond acceptors (Lipinski definition) is 26. The van der Waals surface area contributed by atoms with Crippen LogP contribution >= 0.6 is 0 Å². The van der Waals surface area contributed by atoms with E-state index in [1.807, 2.05) is 0 Å². The normalized spacial score (nSPS) is 18.7. The molecule has 85 heavy (non-hydrogen) atoms. The third-order valence-corrected chi connectivity index (χ3v) is 13.1. The zero-order valence-electron chi connectivity index (χ0n) is 52.9. The fourth-order valence-corrected chi connectivity index (χ4v) is 10.2. The average Bonchev–Trinajstić information content (AvgIpc) is 3.33. The van der Waals surface area contributed by atoms with E-state index in [-0.39, 0.29) is 147 Å². The summed E-state index contributed by atoms with van der Waals surface area (Å²) in [5.41, 5.74) is 0. The molecule has 0 aromatic carbocycles. The number of ether oxygens (including phenoxy) is 12. The van der Waals surface area contributed by atoms with Gasteiger partial charge in [0.15, 0.2) is 0 Å². The number of hydrogen-bond donors (Lipinski definition) is 8. The summed E-state index contributed by atoms with van der Waals surface area (Å²) in [6.07, 6.45) is -14.4. The molecule has 26 nitrogen and oxygen atoms in total. The van der Waals surface area contributed by atoms with Crippen molar-refractivity contribution in [2.75, 3.05) is 39.6 Å². The number of aliphatic hydroxyl groups is 8. The van der Waals surface area contributed by atoms with Gasteiger partial charge in [-0.3, -0.25) is 0 Å². The lowest BCUT2D eigenvalue weighted by Crippen LogP contribution is -2.30. The largest absolute Gasteiger partial charge is 0.508 e. The summed E-state index contributed by atoms with van der Waals surface area (Å²) in [6.45, 7) is 20.9. The molecule has 0 aromatic heterocycles. The molecule has 14 atom stereocenters. The van der Waals surface area contributed by atoms with E-state index in [1.54, 1.807) is 83.1 Å². The molecular formula is C59H108O26. The smallest absolute Gasteiger partial charge is 0.434 e. The van der Waals surface area contributed by atoms with Crippen LogP contribution in [-0.2, 0) is 56.8 Å². The Bertz CT molecular complexity index is 1540. The van der Waals surface area contributed by atoms with E-state index in [1.165, 1.54) is 13.8 Å². The lowest BCUT2D eigenvalue weighted by Gasteiger charge is -2.25. The van der Waals surface area contributed by atoms with Gasteiger partial charge in [0.1, 0.15) is 36.6 Å². The topological polar surface area (TPSA) is 375 Å². The molecule has 0 rings (SSSR count). The van der Waals surface area contributed by atoms with E-state index in [2.05, 4.69) is 0 Å². The van der Waals surface area contributed by atoms with Crippen molar-refractivity contribution >= 4 is 36.9 Å². The maximum absolute atomic E-state index is 13.1. The lowest BCUT2D eigenvalue weighted by atomic mass is 9.96. The third-order valence-electron chi connectivity index (χ3n) is 13.1. The van der Waals surface area contributed by atoms with Crippen LogP contribution in [0, 0.1) is 35.5 Å². The summed E-state index contributed by atoms with van der Waals surface area (Å²) in [5.74, 6) is -2.60. The average molecular weight is 1230 g/mol. The fourth-order valence-electron chi connectivity index (χ4n) is 10.2. The Hall–Kier alpha value is -4.70. The standard InChI is InChI=1S/C59H108O26/c1-34(60)15-48(16-35(2)61)28-74-56(70)82-44(11)24-52(25-45(12)83-57(71)75-29-49(17-36(3)62)18-37(4)63)32-78-54(68)80-42(9)23-43(10)81-55(69)79-33-53(26-46(13)84-58(72)76-30-50(19-38(5)64)20-39(6)65)27-47(14)85-59(73)77-31-51(21-40(7)66)22-41(8)67/h34-53,60-67H,15-33H2,1-14H3. The van der Waals surface area contributed by atoms with Gasteiger partial charge >= 0.3 is 36.9 Å². The molecule has 0 aliphatic carbocycles. The molecule has 0 radical (unpaired) electrons. The molecule has 0 bridgehead atoms. The number of carbonyl (C=O) groups is 6. The molecule has 26 heteroatoms. The lowest BCUT2D eigenvalue weighted by molar-refractivity contribution is -0.0306. The molecule has 0 aromatic rings. The molecule has 0 heterocycles. The number of aliphatic hydroxyl groups excluding tert-OH is 8. The second-order valence-electron chi connectivity index (χ2n) is 24.0. The molecule has 0 amide bonds. The van der Waals surface area contributed by atoms with Crippen molar-refractivity contribution < 1.29 is 126 Å². The highest BCUT2D eigenvalue weighted by atomic mass is 16.8. The molecule has 500 valence electrons. The predicted octanol–water partition coefficient (Wildman–Crippen LogP) is 8.05. The summed E-state index contributed by atoms with van der Waals surface area (Å²) >= 11 is 0. The van der Waals surface area contributed by atoms with Gasteiger partial charge in [-0.1, -0.05) is 0 Å². The van der Waals surface area contributed by atoms with E-state index < -0.39 is 134 Å². The van der Waals surface area contributed by atoms with Crippen molar-refractivity contribution in [2.45, 2.75) is 266 Å². The molecule has 0 saturated carbocycles. The van der Waals surface area contributed by atoms with Gasteiger partial charge in [-0.05, 0) is 198 Å². The molecule has 0 fully saturated rings. The highest BCUT2D eigenvalue weighted by Crippen LogP contribution is 2.25. The number of rotatable bonds is 44. The number of carbonyl (C=O) groups excluding carboxylic acids is 6. The monoisotopic (exact) mass is 1230 g/mol. The highest BCUT2D eigenvalue weighted by molar-refractivity contribution is 5.62. The maximum Gasteiger partial charge on any atom is 0.508 e. The molecular weight excluding hydrogens is 1120 g/mol. The molecule has 0 aliphatic rings. The first-order valence-electron chi connectivity index (χ1n) is 30.0. The zero-order chi connectivity index (χ0) is 64.9. The van der Waals surface area contributed by atoms with Crippen molar-refractivity contribution in [1.82, 2.24) is 0 Å². The van der Waals surface area contributed by atoms with Crippen LogP contribution in [0.15, 0.2) is 0 Å². The van der Waals surface area contributed by atoms with E-state index in [9.17, 15) is 69.6 Å². The first-order valence-corrected chi connectivity index (χ1v) is 30.0. The van der Waals surface area contributed by atoms with Crippen LogP contribution in [0.25, 0.3) is 0 Å². The van der Waals surface area contributed by atoms with Gasteiger partial charge < -0.3 is 97.7 Å². The zero-order valence-corrected chi connectivity index (χ0v) is 52.9. The van der Waals surface area contributed by atoms with Gasteiger partial charge in [-0.25, -0.2) is 28.8 Å². The van der Waals surface area contributed by atoms with Crippen LogP contribution in [0.4, 0.5) is 28.8 Å². The SMILES string of the molecule is CC(O)CC(COC(=O)OC(C)CC(COC(=O)OC(C)CC(C)OC(=O)OCC(CC(C)OC(=O)OCC(CC(C)O)CC(C)O)CC(C)OC(=O)OCC(CC(C)O)CC(C)O)CC(C)OC(=O)OCC(CC(C)O)CC(C)O)CC(C)O. The van der Waals surface area contributed by atoms with Crippen LogP contribution in [0.2, 0.25) is 0 Å². The Morgan fingerprint density at radius 2 is 0.329 bits per heavy atom. The minimum absolute atomic E-state index is 0.0217. The van der Waals surface area contributed by atoms with Crippen LogP contribution in [0.1, 0.15) is 180 Å². The van der Waals surface area contributed by atoms with Crippen molar-refractivity contribution in [3.05, 3.63) is 0 Å². The van der Waals surface area contributed by atoms with E-state index in [4.69, 9.17) is 56.8 Å². The van der Waals surface area contributed by atoms with Crippen molar-refractivity contribution in [3.63, 3.8) is 0 Å². The predicted molar refractivity (Wildman–Crippen MR) is 306 cm³/mol. The Balaban J connectivity index is 5.91. The Labute approximate surface area is 503 Å². The second kappa shape index (κ2) is 44.7. The second-order valence-corrected chi connectivity index (χ2v) is 24.0. The van der Waals surface area contributed by atoms with Crippen molar-refractivity contribution in [1.29, 1.82) is 0 Å². The van der Waals surface area contributed by atoms with E-state index in [0.717, 1.165) is 0 Å². The summed E-state index contributed by atoms with van der Waals surface area (Å²) in [5, 5.41) is 79.0. The van der Waals surface area contributed by atoms with E-state index >= 15 is 0 Å². The first-order chi connectivity index (χ1) is 39.6.